The van der Waals surface area contributed by atoms with Gasteiger partial charge in [-0.05, 0) is 55.2 Å². The summed E-state index contributed by atoms with van der Waals surface area (Å²) in [5, 5.41) is 4.26. The first-order chi connectivity index (χ1) is 12.2. The molecule has 1 aromatic heterocycles. The van der Waals surface area contributed by atoms with E-state index in [1.165, 1.54) is 10.9 Å². The molecule has 2 aromatic carbocycles. The summed E-state index contributed by atoms with van der Waals surface area (Å²) < 4.78 is 10.8. The number of rotatable bonds is 3. The second-order valence-corrected chi connectivity index (χ2v) is 6.84. The Morgan fingerprint density at radius 2 is 2.00 bits per heavy atom. The van der Waals surface area contributed by atoms with Crippen LogP contribution in [0.3, 0.4) is 0 Å². The minimum Gasteiger partial charge on any atom is -0.454 e. The molecule has 5 rings (SSSR count). The highest BCUT2D eigenvalue weighted by Crippen LogP contribution is 2.51. The second-order valence-electron chi connectivity index (χ2n) is 6.84. The maximum atomic E-state index is 12.9. The van der Waals surface area contributed by atoms with E-state index in [1.807, 2.05) is 42.6 Å². The number of ether oxygens (including phenoxy) is 2. The third-order valence-corrected chi connectivity index (χ3v) is 5.26. The fraction of sp³-hybridized carbons (Fsp3) is 0.250. The number of nitrogens with one attached hydrogen (secondary N) is 2. The fourth-order valence-electron chi connectivity index (χ4n) is 3.57. The maximum absolute atomic E-state index is 12.9. The van der Waals surface area contributed by atoms with Crippen molar-refractivity contribution in [3.05, 3.63) is 53.7 Å². The van der Waals surface area contributed by atoms with Crippen LogP contribution in [-0.4, -0.2) is 17.7 Å². The first kappa shape index (κ1) is 14.4. The minimum absolute atomic E-state index is 0. The summed E-state index contributed by atoms with van der Waals surface area (Å²) in [7, 11) is 0. The van der Waals surface area contributed by atoms with Crippen molar-refractivity contribution >= 4 is 22.5 Å². The highest BCUT2D eigenvalue weighted by molar-refractivity contribution is 6.02. The van der Waals surface area contributed by atoms with Gasteiger partial charge in [0, 0.05) is 24.2 Å². The third-order valence-electron chi connectivity index (χ3n) is 5.26. The van der Waals surface area contributed by atoms with Gasteiger partial charge < -0.3 is 19.8 Å². The molecule has 1 amide bonds. The number of benzene rings is 2. The number of anilines is 1. The van der Waals surface area contributed by atoms with Crippen molar-refractivity contribution in [1.29, 1.82) is 0 Å². The summed E-state index contributed by atoms with van der Waals surface area (Å²) in [6.07, 6.45) is 3.68. The molecule has 3 aromatic rings. The molecule has 0 spiro atoms. The average Bonchev–Trinajstić information content (AvgIpc) is 3.17. The average molecular weight is 336 g/mol. The largest absolute Gasteiger partial charge is 0.454 e. The lowest BCUT2D eigenvalue weighted by Crippen LogP contribution is -2.27. The number of amides is 1. The molecule has 0 unspecified atom stereocenters. The van der Waals surface area contributed by atoms with Crippen LogP contribution in [0.2, 0.25) is 0 Å². The molecule has 1 fully saturated rings. The molecule has 0 atom stereocenters. The van der Waals surface area contributed by atoms with E-state index in [-0.39, 0.29) is 14.1 Å². The summed E-state index contributed by atoms with van der Waals surface area (Å²) in [5.41, 5.74) is 3.58. The van der Waals surface area contributed by atoms with E-state index in [2.05, 4.69) is 17.2 Å². The summed E-state index contributed by atoms with van der Waals surface area (Å²) in [4.78, 5) is 16.2. The first-order valence-electron chi connectivity index (χ1n) is 8.45. The van der Waals surface area contributed by atoms with Crippen molar-refractivity contribution in [2.45, 2.75) is 25.2 Å². The lowest BCUT2D eigenvalue weighted by atomic mass is 9.94. The van der Waals surface area contributed by atoms with Crippen molar-refractivity contribution in [2.75, 3.05) is 12.1 Å². The van der Waals surface area contributed by atoms with Gasteiger partial charge in [0.05, 0.1) is 5.41 Å². The number of aromatic nitrogens is 1. The second kappa shape index (κ2) is 5.02. The van der Waals surface area contributed by atoms with Gasteiger partial charge in [-0.3, -0.25) is 4.79 Å². The molecule has 5 heteroatoms. The fourth-order valence-corrected chi connectivity index (χ4v) is 3.57. The zero-order valence-corrected chi connectivity index (χ0v) is 13.9. The van der Waals surface area contributed by atoms with Gasteiger partial charge in [-0.15, -0.1) is 0 Å². The predicted molar refractivity (Wildman–Crippen MR) is 97.3 cm³/mol. The Kier molecular flexibility index (Phi) is 2.89. The van der Waals surface area contributed by atoms with Gasteiger partial charge in [0.1, 0.15) is 0 Å². The van der Waals surface area contributed by atoms with Gasteiger partial charge in [0.15, 0.2) is 11.5 Å². The molecule has 0 saturated heterocycles. The van der Waals surface area contributed by atoms with Crippen molar-refractivity contribution in [3.8, 4) is 11.5 Å². The van der Waals surface area contributed by atoms with Crippen LogP contribution in [0.1, 0.15) is 25.4 Å². The molecule has 1 saturated carbocycles. The smallest absolute Gasteiger partial charge is 0.235 e. The lowest BCUT2D eigenvalue weighted by Gasteiger charge is -2.16. The maximum Gasteiger partial charge on any atom is 0.235 e. The van der Waals surface area contributed by atoms with E-state index in [0.29, 0.717) is 0 Å². The van der Waals surface area contributed by atoms with Crippen LogP contribution in [0.25, 0.3) is 10.9 Å². The zero-order valence-electron chi connectivity index (χ0n) is 13.9. The number of fused-ring (bicyclic) bond motifs is 2. The Morgan fingerprint density at radius 1 is 1.16 bits per heavy atom. The lowest BCUT2D eigenvalue weighted by molar-refractivity contribution is -0.118. The molecule has 2 heterocycles. The number of hydrogen-bond acceptors (Lipinski definition) is 3. The highest BCUT2D eigenvalue weighted by Gasteiger charge is 2.51. The number of carbonyl (C=O) groups excluding carboxylic acids is 1. The Hall–Kier alpha value is -2.95. The van der Waals surface area contributed by atoms with Crippen molar-refractivity contribution < 1.29 is 15.7 Å². The summed E-state index contributed by atoms with van der Waals surface area (Å²) in [6.45, 7) is 2.31. The quantitative estimate of drug-likeness (QED) is 0.756. The monoisotopic (exact) mass is 336 g/mol. The summed E-state index contributed by atoms with van der Waals surface area (Å²) in [5.74, 6) is 1.50. The number of carbonyl (C=O) groups is 1. The van der Waals surface area contributed by atoms with Gasteiger partial charge in [-0.25, -0.2) is 0 Å². The van der Waals surface area contributed by atoms with Gasteiger partial charge in [0.2, 0.25) is 12.7 Å². The molecule has 25 heavy (non-hydrogen) atoms. The summed E-state index contributed by atoms with van der Waals surface area (Å²) in [6, 6.07) is 11.8. The van der Waals surface area contributed by atoms with Crippen LogP contribution in [0, 0.1) is 6.92 Å². The van der Waals surface area contributed by atoms with Crippen LogP contribution in [0.5, 0.6) is 11.5 Å². The summed E-state index contributed by atoms with van der Waals surface area (Å²) >= 11 is 0. The van der Waals surface area contributed by atoms with E-state index in [4.69, 9.17) is 9.47 Å². The van der Waals surface area contributed by atoms with E-state index >= 15 is 0 Å². The van der Waals surface area contributed by atoms with Crippen molar-refractivity contribution in [2.24, 2.45) is 0 Å². The molecule has 2 aliphatic rings. The van der Waals surface area contributed by atoms with Gasteiger partial charge in [-0.1, -0.05) is 12.1 Å². The third kappa shape index (κ3) is 2.19. The first-order valence-corrected chi connectivity index (χ1v) is 8.45. The number of hydrogen-bond donors (Lipinski definition) is 2. The zero-order chi connectivity index (χ0) is 17.0. The molecule has 2 N–H and O–H groups in total. The van der Waals surface area contributed by atoms with Crippen LogP contribution in [-0.2, 0) is 10.2 Å². The highest BCUT2D eigenvalue weighted by atomic mass is 16.7. The topological polar surface area (TPSA) is 63.4 Å². The minimum atomic E-state index is -0.457. The van der Waals surface area contributed by atoms with Crippen LogP contribution in [0.4, 0.5) is 5.69 Å². The number of aromatic amines is 1. The SMILES string of the molecule is Cc1c[nH]c2cc(NC(=O)C3(c4ccc5c(c4)OCO5)CC3)ccc12.[HH]. The van der Waals surface area contributed by atoms with Gasteiger partial charge in [-0.2, -0.15) is 0 Å². The molecular formula is C20H20N2O3. The van der Waals surface area contributed by atoms with E-state index in [1.54, 1.807) is 0 Å². The van der Waals surface area contributed by atoms with Crippen LogP contribution >= 0.6 is 0 Å². The number of H-pyrrole nitrogens is 1. The Labute approximate surface area is 146 Å². The molecule has 1 aliphatic heterocycles. The molecule has 5 nitrogen and oxygen atoms in total. The van der Waals surface area contributed by atoms with E-state index in [0.717, 1.165) is 41.1 Å². The van der Waals surface area contributed by atoms with E-state index < -0.39 is 5.41 Å². The normalized spacial score (nSPS) is 16.8. The van der Waals surface area contributed by atoms with Gasteiger partial charge in [0.25, 0.3) is 0 Å². The van der Waals surface area contributed by atoms with Gasteiger partial charge >= 0.3 is 0 Å². The molecule has 128 valence electrons. The predicted octanol–water partition coefficient (Wildman–Crippen LogP) is 4.12. The molecule has 0 radical (unpaired) electrons. The standard InChI is InChI=1S/C20H18N2O3.H2/c1-12-10-21-16-9-14(3-4-15(12)16)22-19(23)20(6-7-20)13-2-5-17-18(8-13)25-11-24-17;/h2-5,8-10,21H,6-7,11H2,1H3,(H,22,23);1H. The van der Waals surface area contributed by atoms with E-state index in [9.17, 15) is 4.79 Å². The molecule has 0 bridgehead atoms. The molecular weight excluding hydrogens is 316 g/mol. The van der Waals surface area contributed by atoms with Crippen LogP contribution in [0.15, 0.2) is 42.6 Å². The van der Waals surface area contributed by atoms with Crippen LogP contribution < -0.4 is 14.8 Å². The Morgan fingerprint density at radius 3 is 2.84 bits per heavy atom. The van der Waals surface area contributed by atoms with Crippen molar-refractivity contribution in [3.63, 3.8) is 0 Å². The molecule has 1 aliphatic carbocycles. The Balaban J connectivity index is 0.00000168. The number of aryl methyl sites for hydroxylation is 1. The Bertz CT molecular complexity index is 1010. The van der Waals surface area contributed by atoms with Crippen molar-refractivity contribution in [1.82, 2.24) is 4.98 Å².